The lowest BCUT2D eigenvalue weighted by Crippen LogP contribution is -2.48. The first-order valence-electron chi connectivity index (χ1n) is 7.65. The summed E-state index contributed by atoms with van der Waals surface area (Å²) in [6.45, 7) is 3.75. The van der Waals surface area contributed by atoms with Gasteiger partial charge in [-0.2, -0.15) is 0 Å². The number of nitrogens with zero attached hydrogens (tertiary/aromatic N) is 1. The minimum atomic E-state index is -0.323. The molecule has 5 heteroatoms. The van der Waals surface area contributed by atoms with Crippen molar-refractivity contribution < 1.29 is 14.3 Å². The minimum absolute atomic E-state index is 0.322. The zero-order valence-corrected chi connectivity index (χ0v) is 12.4. The van der Waals surface area contributed by atoms with E-state index in [1.54, 1.807) is 19.1 Å². The number of ether oxygens (including phenoxy) is 2. The van der Waals surface area contributed by atoms with Crippen molar-refractivity contribution in [1.82, 2.24) is 0 Å². The number of hydrogen-bond donors (Lipinski definition) is 1. The fourth-order valence-electron chi connectivity index (χ4n) is 3.38. The van der Waals surface area contributed by atoms with Gasteiger partial charge in [0.15, 0.2) is 0 Å². The number of esters is 1. The van der Waals surface area contributed by atoms with E-state index in [1.807, 2.05) is 6.07 Å². The maximum absolute atomic E-state index is 11.8. The van der Waals surface area contributed by atoms with Gasteiger partial charge in [0.2, 0.25) is 0 Å². The van der Waals surface area contributed by atoms with Crippen LogP contribution in [0.5, 0.6) is 0 Å². The van der Waals surface area contributed by atoms with Crippen molar-refractivity contribution in [3.63, 3.8) is 0 Å². The molecule has 1 saturated heterocycles. The summed E-state index contributed by atoms with van der Waals surface area (Å²) in [5.74, 6) is -0.323. The van der Waals surface area contributed by atoms with E-state index < -0.39 is 0 Å². The Morgan fingerprint density at radius 3 is 3.10 bits per heavy atom. The van der Waals surface area contributed by atoms with Crippen LogP contribution in [0.3, 0.4) is 0 Å². The number of anilines is 2. The largest absolute Gasteiger partial charge is 0.462 e. The molecule has 0 amide bonds. The fourth-order valence-corrected chi connectivity index (χ4v) is 3.38. The predicted molar refractivity (Wildman–Crippen MR) is 81.5 cm³/mol. The van der Waals surface area contributed by atoms with Crippen LogP contribution in [0.1, 0.15) is 36.5 Å². The van der Waals surface area contributed by atoms with Crippen LogP contribution in [0.4, 0.5) is 11.4 Å². The quantitative estimate of drug-likeness (QED) is 0.683. The number of nitrogens with two attached hydrogens (primary N) is 1. The van der Waals surface area contributed by atoms with E-state index in [2.05, 4.69) is 4.90 Å². The molecule has 2 N–H and O–H groups in total. The molecule has 1 saturated carbocycles. The number of carbonyl (C=O) groups is 1. The molecule has 3 rings (SSSR count). The fraction of sp³-hybridized carbons (Fsp3) is 0.562. The number of fused-ring (bicyclic) bond motifs is 1. The van der Waals surface area contributed by atoms with Crippen molar-refractivity contribution in [2.75, 3.05) is 30.4 Å². The van der Waals surface area contributed by atoms with Crippen LogP contribution in [0.15, 0.2) is 18.2 Å². The summed E-state index contributed by atoms with van der Waals surface area (Å²) in [7, 11) is 0. The van der Waals surface area contributed by atoms with Gasteiger partial charge in [-0.15, -0.1) is 0 Å². The molecule has 2 unspecified atom stereocenters. The lowest BCUT2D eigenvalue weighted by atomic mass is 10.1. The zero-order chi connectivity index (χ0) is 14.8. The summed E-state index contributed by atoms with van der Waals surface area (Å²) < 4.78 is 10.8. The molecule has 5 nitrogen and oxygen atoms in total. The van der Waals surface area contributed by atoms with Crippen LogP contribution in [0.2, 0.25) is 0 Å². The lowest BCUT2D eigenvalue weighted by molar-refractivity contribution is 0.0257. The average Bonchev–Trinajstić information content (AvgIpc) is 2.96. The summed E-state index contributed by atoms with van der Waals surface area (Å²) >= 11 is 0. The van der Waals surface area contributed by atoms with Gasteiger partial charge in [-0.25, -0.2) is 4.79 Å². The SMILES string of the molecule is CCOC(=O)c1ccc(N2CCOC3CCCC32)c(N)c1. The smallest absolute Gasteiger partial charge is 0.338 e. The Bertz CT molecular complexity index is 532. The van der Waals surface area contributed by atoms with Gasteiger partial charge in [-0.3, -0.25) is 0 Å². The normalized spacial score (nSPS) is 24.7. The van der Waals surface area contributed by atoms with Crippen LogP contribution in [0.25, 0.3) is 0 Å². The zero-order valence-electron chi connectivity index (χ0n) is 12.4. The molecule has 0 spiro atoms. The van der Waals surface area contributed by atoms with Gasteiger partial charge in [0.05, 0.1) is 42.3 Å². The number of nitrogen functional groups attached to an aromatic ring is 1. The Kier molecular flexibility index (Phi) is 4.01. The summed E-state index contributed by atoms with van der Waals surface area (Å²) in [6.07, 6.45) is 3.79. The Hall–Kier alpha value is -1.75. The molecule has 2 fully saturated rings. The molecule has 21 heavy (non-hydrogen) atoms. The Balaban J connectivity index is 1.83. The van der Waals surface area contributed by atoms with Crippen molar-refractivity contribution in [2.24, 2.45) is 0 Å². The third-order valence-electron chi connectivity index (χ3n) is 4.33. The van der Waals surface area contributed by atoms with Crippen molar-refractivity contribution in [1.29, 1.82) is 0 Å². The first-order valence-corrected chi connectivity index (χ1v) is 7.65. The van der Waals surface area contributed by atoms with Gasteiger partial charge >= 0.3 is 5.97 Å². The first kappa shape index (κ1) is 14.2. The highest BCUT2D eigenvalue weighted by molar-refractivity contribution is 5.92. The van der Waals surface area contributed by atoms with Crippen molar-refractivity contribution in [2.45, 2.75) is 38.3 Å². The van der Waals surface area contributed by atoms with Gasteiger partial charge in [-0.1, -0.05) is 0 Å². The van der Waals surface area contributed by atoms with E-state index >= 15 is 0 Å². The minimum Gasteiger partial charge on any atom is -0.462 e. The molecule has 2 aliphatic rings. The first-order chi connectivity index (χ1) is 10.2. The third-order valence-corrected chi connectivity index (χ3v) is 4.33. The maximum atomic E-state index is 11.8. The molecule has 1 aliphatic carbocycles. The Morgan fingerprint density at radius 2 is 2.33 bits per heavy atom. The molecular formula is C16H22N2O3. The van der Waals surface area contributed by atoms with Crippen LogP contribution in [0, 0.1) is 0 Å². The number of morpholine rings is 1. The molecule has 1 heterocycles. The van der Waals surface area contributed by atoms with E-state index in [-0.39, 0.29) is 5.97 Å². The second-order valence-electron chi connectivity index (χ2n) is 5.59. The molecule has 1 aliphatic heterocycles. The van der Waals surface area contributed by atoms with Crippen LogP contribution in [-0.2, 0) is 9.47 Å². The summed E-state index contributed by atoms with van der Waals surface area (Å²) in [5, 5.41) is 0. The number of hydrogen-bond acceptors (Lipinski definition) is 5. The molecule has 0 aromatic heterocycles. The second kappa shape index (κ2) is 5.93. The van der Waals surface area contributed by atoms with Gasteiger partial charge in [0.1, 0.15) is 0 Å². The van der Waals surface area contributed by atoms with E-state index in [9.17, 15) is 4.79 Å². The second-order valence-corrected chi connectivity index (χ2v) is 5.59. The number of carbonyl (C=O) groups excluding carboxylic acids is 1. The predicted octanol–water partition coefficient (Wildman–Crippen LogP) is 2.20. The summed E-state index contributed by atoms with van der Waals surface area (Å²) in [4.78, 5) is 14.1. The third kappa shape index (κ3) is 2.70. The molecular weight excluding hydrogens is 268 g/mol. The highest BCUT2D eigenvalue weighted by Gasteiger charge is 2.36. The van der Waals surface area contributed by atoms with Gasteiger partial charge in [-0.05, 0) is 44.4 Å². The maximum Gasteiger partial charge on any atom is 0.338 e. The molecule has 0 bridgehead atoms. The van der Waals surface area contributed by atoms with Gasteiger partial charge in [0, 0.05) is 6.54 Å². The summed E-state index contributed by atoms with van der Waals surface area (Å²) in [5.41, 5.74) is 8.32. The molecule has 2 atom stereocenters. The molecule has 1 aromatic rings. The summed E-state index contributed by atoms with van der Waals surface area (Å²) in [6, 6.07) is 5.85. The van der Waals surface area contributed by atoms with Gasteiger partial charge in [0.25, 0.3) is 0 Å². The average molecular weight is 290 g/mol. The van der Waals surface area contributed by atoms with Crippen LogP contribution >= 0.6 is 0 Å². The highest BCUT2D eigenvalue weighted by Crippen LogP contribution is 2.35. The lowest BCUT2D eigenvalue weighted by Gasteiger charge is -2.39. The van der Waals surface area contributed by atoms with E-state index in [0.29, 0.717) is 30.0 Å². The van der Waals surface area contributed by atoms with Crippen LogP contribution in [-0.4, -0.2) is 37.9 Å². The highest BCUT2D eigenvalue weighted by atomic mass is 16.5. The molecule has 0 radical (unpaired) electrons. The Labute approximate surface area is 125 Å². The topological polar surface area (TPSA) is 64.8 Å². The number of rotatable bonds is 3. The van der Waals surface area contributed by atoms with Crippen molar-refractivity contribution in [3.05, 3.63) is 23.8 Å². The van der Waals surface area contributed by atoms with E-state index in [0.717, 1.165) is 31.7 Å². The number of benzene rings is 1. The Morgan fingerprint density at radius 1 is 1.48 bits per heavy atom. The van der Waals surface area contributed by atoms with Crippen LogP contribution < -0.4 is 10.6 Å². The molecule has 1 aromatic carbocycles. The molecule has 114 valence electrons. The van der Waals surface area contributed by atoms with E-state index in [4.69, 9.17) is 15.2 Å². The van der Waals surface area contributed by atoms with E-state index in [1.165, 1.54) is 6.42 Å². The van der Waals surface area contributed by atoms with Gasteiger partial charge < -0.3 is 20.1 Å². The monoisotopic (exact) mass is 290 g/mol. The van der Waals surface area contributed by atoms with Crippen molar-refractivity contribution in [3.8, 4) is 0 Å². The standard InChI is InChI=1S/C16H22N2O3/c1-2-20-16(19)11-6-7-13(12(17)10-11)18-8-9-21-15-5-3-4-14(15)18/h6-7,10,14-15H,2-5,8-9,17H2,1H3. The van der Waals surface area contributed by atoms with Crippen molar-refractivity contribution >= 4 is 17.3 Å².